The Hall–Kier alpha value is -2.32. The highest BCUT2D eigenvalue weighted by Crippen LogP contribution is 2.22. The Bertz CT molecular complexity index is 521. The van der Waals surface area contributed by atoms with Gasteiger partial charge in [0.2, 0.25) is 0 Å². The molecule has 7 nitrogen and oxygen atoms in total. The molecule has 0 saturated carbocycles. The van der Waals surface area contributed by atoms with Crippen LogP contribution in [0.2, 0.25) is 0 Å². The van der Waals surface area contributed by atoms with Crippen molar-refractivity contribution in [1.29, 1.82) is 0 Å². The Labute approximate surface area is 86.3 Å². The summed E-state index contributed by atoms with van der Waals surface area (Å²) in [5.41, 5.74) is -0.126. The Kier molecular flexibility index (Phi) is 2.35. The first kappa shape index (κ1) is 10.2. The number of carbonyl (C=O) groups is 1. The van der Waals surface area contributed by atoms with Crippen LogP contribution in [0.4, 0.5) is 13.6 Å². The lowest BCUT2D eigenvalue weighted by Crippen LogP contribution is -2.30. The fraction of sp³-hybridized carbons (Fsp3) is 0.143. The number of halogens is 2. The summed E-state index contributed by atoms with van der Waals surface area (Å²) in [6, 6.07) is 1.22. The van der Waals surface area contributed by atoms with Crippen LogP contribution >= 0.6 is 0 Å². The third-order valence-electron chi connectivity index (χ3n) is 1.66. The number of carboxylic acid groups (broad SMARTS) is 1. The molecule has 0 saturated heterocycles. The standard InChI is InChI=1S/C7H4F2N4O3/c8-4(9)6-12-11-5(16-6)3-1-2-10-13(3)7(14)15/h1-2,4H,(H,14,15)/p-1. The molecule has 0 aliphatic carbocycles. The lowest BCUT2D eigenvalue weighted by atomic mass is 10.4. The molecule has 0 aliphatic rings. The van der Waals surface area contributed by atoms with Crippen LogP contribution in [0.1, 0.15) is 12.3 Å². The first-order valence-corrected chi connectivity index (χ1v) is 3.97. The molecule has 0 unspecified atom stereocenters. The minimum Gasteiger partial charge on any atom is -0.528 e. The highest BCUT2D eigenvalue weighted by molar-refractivity contribution is 5.70. The first-order valence-electron chi connectivity index (χ1n) is 3.97. The Balaban J connectivity index is 2.42. The number of nitrogens with zero attached hydrogens (tertiary/aromatic N) is 4. The average Bonchev–Trinajstić information content (AvgIpc) is 2.86. The molecule has 0 radical (unpaired) electrons. The normalized spacial score (nSPS) is 10.9. The average molecular weight is 229 g/mol. The van der Waals surface area contributed by atoms with Crippen molar-refractivity contribution in [2.45, 2.75) is 6.43 Å². The van der Waals surface area contributed by atoms with Crippen molar-refractivity contribution in [2.24, 2.45) is 0 Å². The van der Waals surface area contributed by atoms with Gasteiger partial charge in [0, 0.05) is 0 Å². The van der Waals surface area contributed by atoms with E-state index in [1.807, 2.05) is 0 Å². The minimum absolute atomic E-state index is 0.126. The van der Waals surface area contributed by atoms with Gasteiger partial charge in [-0.25, -0.2) is 4.68 Å². The molecule has 0 amide bonds. The third kappa shape index (κ3) is 1.62. The van der Waals surface area contributed by atoms with Crippen molar-refractivity contribution >= 4 is 6.09 Å². The maximum absolute atomic E-state index is 12.1. The molecule has 0 aliphatic heterocycles. The van der Waals surface area contributed by atoms with Gasteiger partial charge in [-0.2, -0.15) is 13.9 Å². The highest BCUT2D eigenvalue weighted by atomic mass is 19.3. The zero-order valence-corrected chi connectivity index (χ0v) is 7.50. The van der Waals surface area contributed by atoms with Crippen LogP contribution in [0.3, 0.4) is 0 Å². The van der Waals surface area contributed by atoms with Crippen LogP contribution in [0, 0.1) is 0 Å². The van der Waals surface area contributed by atoms with Gasteiger partial charge in [0.15, 0.2) is 6.09 Å². The van der Waals surface area contributed by atoms with Crippen molar-refractivity contribution in [3.8, 4) is 11.6 Å². The number of hydrogen-bond acceptors (Lipinski definition) is 6. The van der Waals surface area contributed by atoms with E-state index in [1.165, 1.54) is 6.07 Å². The van der Waals surface area contributed by atoms with Gasteiger partial charge in [0.05, 0.1) is 6.20 Å². The van der Waals surface area contributed by atoms with Crippen molar-refractivity contribution in [1.82, 2.24) is 20.0 Å². The monoisotopic (exact) mass is 229 g/mol. The van der Waals surface area contributed by atoms with E-state index in [1.54, 1.807) is 0 Å². The first-order chi connectivity index (χ1) is 7.59. The number of hydrogen-bond donors (Lipinski definition) is 0. The molecular formula is C7H3F2N4O3-. The van der Waals surface area contributed by atoms with Crippen LogP contribution in [-0.2, 0) is 0 Å². The molecule has 0 spiro atoms. The second-order valence-electron chi connectivity index (χ2n) is 2.64. The molecule has 0 fully saturated rings. The zero-order valence-electron chi connectivity index (χ0n) is 7.50. The molecule has 2 aromatic rings. The second kappa shape index (κ2) is 3.68. The van der Waals surface area contributed by atoms with Crippen LogP contribution in [-0.4, -0.2) is 26.1 Å². The lowest BCUT2D eigenvalue weighted by molar-refractivity contribution is -0.251. The van der Waals surface area contributed by atoms with Gasteiger partial charge in [-0.05, 0) is 6.07 Å². The van der Waals surface area contributed by atoms with Crippen LogP contribution in [0.5, 0.6) is 0 Å². The summed E-state index contributed by atoms with van der Waals surface area (Å²) in [6.45, 7) is 0. The summed E-state index contributed by atoms with van der Waals surface area (Å²) >= 11 is 0. The third-order valence-corrected chi connectivity index (χ3v) is 1.66. The van der Waals surface area contributed by atoms with Gasteiger partial charge in [0.1, 0.15) is 5.69 Å². The van der Waals surface area contributed by atoms with E-state index in [9.17, 15) is 18.7 Å². The summed E-state index contributed by atoms with van der Waals surface area (Å²) in [6.07, 6.45) is -3.41. The van der Waals surface area contributed by atoms with Gasteiger partial charge in [0.25, 0.3) is 11.8 Å². The minimum atomic E-state index is -2.92. The van der Waals surface area contributed by atoms with Gasteiger partial charge in [-0.15, -0.1) is 10.2 Å². The van der Waals surface area contributed by atoms with Crippen molar-refractivity contribution in [3.63, 3.8) is 0 Å². The maximum Gasteiger partial charge on any atom is 0.314 e. The summed E-state index contributed by atoms with van der Waals surface area (Å²) in [5.74, 6) is -1.25. The smallest absolute Gasteiger partial charge is 0.314 e. The Morgan fingerprint density at radius 3 is 2.81 bits per heavy atom. The van der Waals surface area contributed by atoms with E-state index in [4.69, 9.17) is 0 Å². The summed E-state index contributed by atoms with van der Waals surface area (Å²) in [7, 11) is 0. The topological polar surface area (TPSA) is 96.9 Å². The van der Waals surface area contributed by atoms with Gasteiger partial charge < -0.3 is 14.3 Å². The predicted octanol–water partition coefficient (Wildman–Crippen LogP) is 0.0621. The molecule has 16 heavy (non-hydrogen) atoms. The highest BCUT2D eigenvalue weighted by Gasteiger charge is 2.19. The molecule has 2 aromatic heterocycles. The van der Waals surface area contributed by atoms with Gasteiger partial charge >= 0.3 is 6.43 Å². The summed E-state index contributed by atoms with van der Waals surface area (Å²) < 4.78 is 29.3. The molecule has 0 atom stereocenters. The van der Waals surface area contributed by atoms with E-state index in [-0.39, 0.29) is 11.6 Å². The van der Waals surface area contributed by atoms with Crippen molar-refractivity contribution in [2.75, 3.05) is 0 Å². The molecule has 0 aromatic carbocycles. The summed E-state index contributed by atoms with van der Waals surface area (Å²) in [5, 5.41) is 20.3. The molecule has 2 rings (SSSR count). The van der Waals surface area contributed by atoms with E-state index >= 15 is 0 Å². The van der Waals surface area contributed by atoms with Crippen molar-refractivity contribution < 1.29 is 23.1 Å². The quantitative estimate of drug-likeness (QED) is 0.722. The molecular weight excluding hydrogens is 226 g/mol. The maximum atomic E-state index is 12.1. The number of rotatable bonds is 2. The molecule has 2 heterocycles. The predicted molar refractivity (Wildman–Crippen MR) is 41.3 cm³/mol. The van der Waals surface area contributed by atoms with Crippen LogP contribution in [0.15, 0.2) is 16.7 Å². The number of aromatic nitrogens is 4. The van der Waals surface area contributed by atoms with E-state index in [2.05, 4.69) is 19.7 Å². The van der Waals surface area contributed by atoms with E-state index in [0.717, 1.165) is 6.20 Å². The van der Waals surface area contributed by atoms with E-state index in [0.29, 0.717) is 4.68 Å². The van der Waals surface area contributed by atoms with Crippen molar-refractivity contribution in [3.05, 3.63) is 18.2 Å². The van der Waals surface area contributed by atoms with Gasteiger partial charge in [-0.1, -0.05) is 0 Å². The Morgan fingerprint density at radius 2 is 2.25 bits per heavy atom. The lowest BCUT2D eigenvalue weighted by Gasteiger charge is -2.03. The zero-order chi connectivity index (χ0) is 11.7. The largest absolute Gasteiger partial charge is 0.528 e. The molecule has 9 heteroatoms. The molecule has 0 bridgehead atoms. The second-order valence-corrected chi connectivity index (χ2v) is 2.64. The SMILES string of the molecule is O=C([O-])n1nccc1-c1nnc(C(F)F)o1. The van der Waals surface area contributed by atoms with Crippen LogP contribution < -0.4 is 5.11 Å². The van der Waals surface area contributed by atoms with E-state index < -0.39 is 18.4 Å². The fourth-order valence-corrected chi connectivity index (χ4v) is 1.04. The van der Waals surface area contributed by atoms with Gasteiger partial charge in [-0.3, -0.25) is 0 Å². The molecule has 0 N–H and O–H groups in total. The summed E-state index contributed by atoms with van der Waals surface area (Å²) in [4.78, 5) is 10.5. The molecule has 84 valence electrons. The Morgan fingerprint density at radius 1 is 1.50 bits per heavy atom. The fourth-order valence-electron chi connectivity index (χ4n) is 1.04. The number of carbonyl (C=O) groups excluding carboxylic acids is 1. The van der Waals surface area contributed by atoms with Crippen LogP contribution in [0.25, 0.3) is 11.6 Å². The number of alkyl halides is 2.